The van der Waals surface area contributed by atoms with Gasteiger partial charge in [0, 0.05) is 10.7 Å². The minimum atomic E-state index is -0.245. The number of aromatic nitrogens is 2. The Labute approximate surface area is 159 Å². The summed E-state index contributed by atoms with van der Waals surface area (Å²) in [7, 11) is 0. The average Bonchev–Trinajstić information content (AvgIpc) is 3.26. The van der Waals surface area contributed by atoms with E-state index < -0.39 is 0 Å². The Morgan fingerprint density at radius 3 is 3.00 bits per heavy atom. The number of carbonyl (C=O) groups is 2. The molecule has 2 aromatic rings. The minimum absolute atomic E-state index is 0.0323. The van der Waals surface area contributed by atoms with Gasteiger partial charge in [0.25, 0.3) is 5.91 Å². The molecule has 1 aliphatic heterocycles. The number of hydrogen-bond acceptors (Lipinski definition) is 4. The van der Waals surface area contributed by atoms with Crippen molar-refractivity contribution in [2.24, 2.45) is 0 Å². The second-order valence-electron chi connectivity index (χ2n) is 6.61. The molecule has 0 unspecified atom stereocenters. The summed E-state index contributed by atoms with van der Waals surface area (Å²) in [5.41, 5.74) is 1.72. The first kappa shape index (κ1) is 17.1. The quantitative estimate of drug-likeness (QED) is 0.797. The molecule has 2 amide bonds. The van der Waals surface area contributed by atoms with Gasteiger partial charge in [-0.1, -0.05) is 28.8 Å². The molecule has 1 aromatic heterocycles. The van der Waals surface area contributed by atoms with Gasteiger partial charge < -0.3 is 15.4 Å². The fourth-order valence-electron chi connectivity index (χ4n) is 3.44. The Bertz CT molecular complexity index is 858. The molecular weight excluding hydrogens is 400 g/mol. The predicted octanol–water partition coefficient (Wildman–Crippen LogP) is 3.27. The number of fused-ring (bicyclic) bond motifs is 1. The van der Waals surface area contributed by atoms with Crippen LogP contribution in [0.15, 0.2) is 28.9 Å². The second-order valence-corrected chi connectivity index (χ2v) is 7.53. The van der Waals surface area contributed by atoms with Crippen LogP contribution in [0.25, 0.3) is 0 Å². The lowest BCUT2D eigenvalue weighted by atomic mass is 10.2. The van der Waals surface area contributed by atoms with Crippen LogP contribution in [-0.4, -0.2) is 28.2 Å². The van der Waals surface area contributed by atoms with Crippen molar-refractivity contribution in [3.8, 4) is 5.75 Å². The van der Waals surface area contributed by atoms with Gasteiger partial charge in [-0.15, -0.1) is 0 Å². The van der Waals surface area contributed by atoms with E-state index in [2.05, 4.69) is 31.7 Å². The molecule has 2 aliphatic rings. The first-order chi connectivity index (χ1) is 12.6. The van der Waals surface area contributed by atoms with E-state index in [1.165, 1.54) is 12.8 Å². The lowest BCUT2D eigenvalue weighted by molar-refractivity contribution is -0.119. The van der Waals surface area contributed by atoms with Crippen molar-refractivity contribution in [2.45, 2.75) is 38.1 Å². The van der Waals surface area contributed by atoms with Crippen LogP contribution in [0.5, 0.6) is 5.75 Å². The summed E-state index contributed by atoms with van der Waals surface area (Å²) in [5.74, 6) is 0.0900. The lowest BCUT2D eigenvalue weighted by Gasteiger charge is -2.21. The number of anilines is 2. The van der Waals surface area contributed by atoms with E-state index in [-0.39, 0.29) is 24.8 Å². The Morgan fingerprint density at radius 1 is 1.38 bits per heavy atom. The molecule has 4 rings (SSSR count). The highest BCUT2D eigenvalue weighted by molar-refractivity contribution is 9.10. The molecule has 0 saturated heterocycles. The van der Waals surface area contributed by atoms with Gasteiger partial charge in [-0.05, 0) is 31.0 Å². The Kier molecular flexibility index (Phi) is 4.67. The highest BCUT2D eigenvalue weighted by atomic mass is 79.9. The van der Waals surface area contributed by atoms with Gasteiger partial charge in [-0.25, -0.2) is 0 Å². The van der Waals surface area contributed by atoms with Crippen LogP contribution in [-0.2, 0) is 16.0 Å². The van der Waals surface area contributed by atoms with E-state index >= 15 is 0 Å². The number of nitrogens with one attached hydrogen (secondary N) is 2. The Morgan fingerprint density at radius 2 is 2.19 bits per heavy atom. The highest BCUT2D eigenvalue weighted by Gasteiger charge is 2.22. The van der Waals surface area contributed by atoms with Gasteiger partial charge >= 0.3 is 0 Å². The SMILES string of the molecule is O=C(Cc1ccn(C2CCCC2)n1)Nc1cc(Br)cc2c1NC(=O)CO2. The molecule has 26 heavy (non-hydrogen) atoms. The van der Waals surface area contributed by atoms with E-state index in [4.69, 9.17) is 4.74 Å². The fourth-order valence-corrected chi connectivity index (χ4v) is 3.88. The van der Waals surface area contributed by atoms with E-state index in [1.54, 1.807) is 12.1 Å². The third kappa shape index (κ3) is 3.60. The van der Waals surface area contributed by atoms with Crippen LogP contribution < -0.4 is 15.4 Å². The van der Waals surface area contributed by atoms with Gasteiger partial charge in [0.2, 0.25) is 5.91 Å². The van der Waals surface area contributed by atoms with Gasteiger partial charge in [0.1, 0.15) is 11.4 Å². The zero-order valence-corrected chi connectivity index (χ0v) is 15.7. The van der Waals surface area contributed by atoms with E-state index in [0.717, 1.165) is 23.0 Å². The fraction of sp³-hybridized carbons (Fsp3) is 0.389. The summed E-state index contributed by atoms with van der Waals surface area (Å²) in [4.78, 5) is 24.1. The first-order valence-corrected chi connectivity index (χ1v) is 9.48. The second kappa shape index (κ2) is 7.11. The molecule has 7 nitrogen and oxygen atoms in total. The van der Waals surface area contributed by atoms with Crippen LogP contribution >= 0.6 is 15.9 Å². The molecule has 1 aliphatic carbocycles. The normalized spacial score (nSPS) is 16.7. The largest absolute Gasteiger partial charge is 0.481 e. The van der Waals surface area contributed by atoms with Crippen LogP contribution in [0.3, 0.4) is 0 Å². The summed E-state index contributed by atoms with van der Waals surface area (Å²) in [5, 5.41) is 10.1. The van der Waals surface area contributed by atoms with Crippen molar-refractivity contribution in [3.63, 3.8) is 0 Å². The van der Waals surface area contributed by atoms with Gasteiger partial charge in [-0.3, -0.25) is 14.3 Å². The first-order valence-electron chi connectivity index (χ1n) is 8.68. The molecule has 0 radical (unpaired) electrons. The van der Waals surface area contributed by atoms with Gasteiger partial charge in [0.15, 0.2) is 6.61 Å². The van der Waals surface area contributed by atoms with Crippen LogP contribution in [0.1, 0.15) is 37.4 Å². The molecular formula is C18H19BrN4O3. The van der Waals surface area contributed by atoms with Crippen molar-refractivity contribution >= 4 is 39.1 Å². The molecule has 1 aromatic carbocycles. The monoisotopic (exact) mass is 418 g/mol. The zero-order valence-electron chi connectivity index (χ0n) is 14.1. The van der Waals surface area contributed by atoms with E-state index in [0.29, 0.717) is 23.2 Å². The summed E-state index contributed by atoms with van der Waals surface area (Å²) in [6, 6.07) is 5.84. The smallest absolute Gasteiger partial charge is 0.262 e. The number of halogens is 1. The molecule has 8 heteroatoms. The van der Waals surface area contributed by atoms with Crippen LogP contribution in [0, 0.1) is 0 Å². The topological polar surface area (TPSA) is 85.3 Å². The van der Waals surface area contributed by atoms with Crippen LogP contribution in [0.4, 0.5) is 11.4 Å². The summed E-state index contributed by atoms with van der Waals surface area (Å²) < 4.78 is 8.14. The lowest BCUT2D eigenvalue weighted by Crippen LogP contribution is -2.27. The molecule has 1 saturated carbocycles. The van der Waals surface area contributed by atoms with Crippen molar-refractivity contribution < 1.29 is 14.3 Å². The molecule has 0 bridgehead atoms. The minimum Gasteiger partial charge on any atom is -0.481 e. The number of hydrogen-bond donors (Lipinski definition) is 2. The average molecular weight is 419 g/mol. The Hall–Kier alpha value is -2.35. The predicted molar refractivity (Wildman–Crippen MR) is 100 cm³/mol. The highest BCUT2D eigenvalue weighted by Crippen LogP contribution is 2.38. The summed E-state index contributed by atoms with van der Waals surface area (Å²) in [6.45, 7) is -0.0323. The third-order valence-corrected chi connectivity index (χ3v) is 5.13. The van der Waals surface area contributed by atoms with Crippen molar-refractivity contribution in [1.82, 2.24) is 9.78 Å². The van der Waals surface area contributed by atoms with E-state index in [9.17, 15) is 9.59 Å². The molecule has 136 valence electrons. The maximum absolute atomic E-state index is 12.5. The molecule has 0 atom stereocenters. The van der Waals surface area contributed by atoms with Gasteiger partial charge in [0.05, 0.1) is 23.8 Å². The van der Waals surface area contributed by atoms with Crippen LogP contribution in [0.2, 0.25) is 0 Å². The number of nitrogens with zero attached hydrogens (tertiary/aromatic N) is 2. The van der Waals surface area contributed by atoms with Crippen molar-refractivity contribution in [2.75, 3.05) is 17.2 Å². The molecule has 0 spiro atoms. The number of carbonyl (C=O) groups excluding carboxylic acids is 2. The van der Waals surface area contributed by atoms with E-state index in [1.807, 2.05) is 16.9 Å². The summed E-state index contributed by atoms with van der Waals surface area (Å²) >= 11 is 3.39. The molecule has 2 N–H and O–H groups in total. The number of rotatable bonds is 4. The standard InChI is InChI=1S/C18H19BrN4O3/c19-11-7-14(18-15(8-11)26-10-17(25)21-18)20-16(24)9-12-5-6-23(22-12)13-3-1-2-4-13/h5-8,13H,1-4,9-10H2,(H,20,24)(H,21,25). The maximum Gasteiger partial charge on any atom is 0.262 e. The number of amides is 2. The summed E-state index contributed by atoms with van der Waals surface area (Å²) in [6.07, 6.45) is 6.90. The number of ether oxygens (including phenoxy) is 1. The number of benzene rings is 1. The maximum atomic E-state index is 12.5. The van der Waals surface area contributed by atoms with Crippen molar-refractivity contribution in [1.29, 1.82) is 0 Å². The molecule has 2 heterocycles. The molecule has 1 fully saturated rings. The zero-order chi connectivity index (χ0) is 18.1. The Balaban J connectivity index is 1.47. The van der Waals surface area contributed by atoms with Gasteiger partial charge in [-0.2, -0.15) is 5.10 Å². The third-order valence-electron chi connectivity index (χ3n) is 4.67. The van der Waals surface area contributed by atoms with Crippen molar-refractivity contribution in [3.05, 3.63) is 34.6 Å².